The Balaban J connectivity index is 1.87. The molecule has 0 atom stereocenters. The van der Waals surface area contributed by atoms with Gasteiger partial charge in [-0.25, -0.2) is 0 Å². The first-order valence-corrected chi connectivity index (χ1v) is 6.38. The molecule has 6 heteroatoms. The Bertz CT molecular complexity index is 431. The molecule has 0 spiro atoms. The topological polar surface area (TPSA) is 68.2 Å². The van der Waals surface area contributed by atoms with Gasteiger partial charge >= 0.3 is 0 Å². The lowest BCUT2D eigenvalue weighted by Crippen LogP contribution is -2.46. The molecule has 0 saturated carbocycles. The van der Waals surface area contributed by atoms with Crippen molar-refractivity contribution >= 4 is 22.2 Å². The Labute approximate surface area is 104 Å². The van der Waals surface area contributed by atoms with Crippen molar-refractivity contribution in [1.29, 1.82) is 5.26 Å². The van der Waals surface area contributed by atoms with Crippen molar-refractivity contribution in [3.63, 3.8) is 0 Å². The van der Waals surface area contributed by atoms with Crippen molar-refractivity contribution in [2.45, 2.75) is 0 Å². The standard InChI is InChI=1S/C11H14N4OS/c12-7-9-1-6-17-11(9)14-10(16)8-15-4-2-13-3-5-15/h1,6,13H,2-5,8H2,(H,14,16). The molecule has 1 aromatic rings. The normalized spacial score (nSPS) is 16.4. The first-order chi connectivity index (χ1) is 8.29. The van der Waals surface area contributed by atoms with Crippen LogP contribution in [0.15, 0.2) is 11.4 Å². The minimum atomic E-state index is -0.0501. The number of carbonyl (C=O) groups is 1. The number of piperazine rings is 1. The number of anilines is 1. The van der Waals surface area contributed by atoms with Crippen LogP contribution in [0.1, 0.15) is 5.56 Å². The Kier molecular flexibility index (Phi) is 4.09. The van der Waals surface area contributed by atoms with Crippen molar-refractivity contribution in [3.8, 4) is 6.07 Å². The van der Waals surface area contributed by atoms with Crippen molar-refractivity contribution in [2.24, 2.45) is 0 Å². The monoisotopic (exact) mass is 250 g/mol. The number of thiophene rings is 1. The number of nitrogens with zero attached hydrogens (tertiary/aromatic N) is 2. The van der Waals surface area contributed by atoms with Crippen LogP contribution < -0.4 is 10.6 Å². The Morgan fingerprint density at radius 1 is 1.59 bits per heavy atom. The van der Waals surface area contributed by atoms with Gasteiger partial charge in [-0.2, -0.15) is 5.26 Å². The fourth-order valence-corrected chi connectivity index (χ4v) is 2.49. The molecular weight excluding hydrogens is 236 g/mol. The smallest absolute Gasteiger partial charge is 0.239 e. The lowest BCUT2D eigenvalue weighted by atomic mass is 10.3. The lowest BCUT2D eigenvalue weighted by Gasteiger charge is -2.26. The molecule has 2 rings (SSSR count). The summed E-state index contributed by atoms with van der Waals surface area (Å²) >= 11 is 1.38. The van der Waals surface area contributed by atoms with Crippen LogP contribution in [-0.2, 0) is 4.79 Å². The van der Waals surface area contributed by atoms with Crippen molar-refractivity contribution in [2.75, 3.05) is 38.0 Å². The summed E-state index contributed by atoms with van der Waals surface area (Å²) in [6, 6.07) is 3.77. The average molecular weight is 250 g/mol. The number of hydrogen-bond acceptors (Lipinski definition) is 5. The summed E-state index contributed by atoms with van der Waals surface area (Å²) in [7, 11) is 0. The summed E-state index contributed by atoms with van der Waals surface area (Å²) in [5, 5.41) is 17.3. The van der Waals surface area contributed by atoms with Crippen LogP contribution >= 0.6 is 11.3 Å². The van der Waals surface area contributed by atoms with E-state index in [1.807, 2.05) is 0 Å². The minimum Gasteiger partial charge on any atom is -0.315 e. The van der Waals surface area contributed by atoms with E-state index in [9.17, 15) is 4.79 Å². The third-order valence-corrected chi connectivity index (χ3v) is 3.45. The van der Waals surface area contributed by atoms with Gasteiger partial charge in [-0.05, 0) is 11.4 Å². The predicted molar refractivity (Wildman–Crippen MR) is 67.0 cm³/mol. The molecule has 0 radical (unpaired) electrons. The van der Waals surface area contributed by atoms with Gasteiger partial charge in [-0.15, -0.1) is 11.3 Å². The number of rotatable bonds is 3. The molecule has 1 saturated heterocycles. The van der Waals surface area contributed by atoms with Crippen molar-refractivity contribution in [1.82, 2.24) is 10.2 Å². The second-order valence-corrected chi connectivity index (χ2v) is 4.77. The summed E-state index contributed by atoms with van der Waals surface area (Å²) in [5.41, 5.74) is 0.531. The number of hydrogen-bond donors (Lipinski definition) is 2. The van der Waals surface area contributed by atoms with Gasteiger partial charge in [0.2, 0.25) is 5.91 Å². The SMILES string of the molecule is N#Cc1ccsc1NC(=O)CN1CCNCC1. The Morgan fingerprint density at radius 3 is 3.06 bits per heavy atom. The molecule has 5 nitrogen and oxygen atoms in total. The molecule has 1 aliphatic rings. The van der Waals surface area contributed by atoms with Crippen LogP contribution in [0.5, 0.6) is 0 Å². The predicted octanol–water partition coefficient (Wildman–Crippen LogP) is 0.463. The number of carbonyl (C=O) groups excluding carboxylic acids is 1. The third-order valence-electron chi connectivity index (χ3n) is 2.62. The number of amides is 1. The highest BCUT2D eigenvalue weighted by atomic mass is 32.1. The molecule has 17 heavy (non-hydrogen) atoms. The highest BCUT2D eigenvalue weighted by Crippen LogP contribution is 2.21. The second kappa shape index (κ2) is 5.77. The van der Waals surface area contributed by atoms with Crippen LogP contribution in [0.25, 0.3) is 0 Å². The van der Waals surface area contributed by atoms with Gasteiger partial charge in [0.25, 0.3) is 0 Å². The van der Waals surface area contributed by atoms with Gasteiger partial charge in [0.1, 0.15) is 11.1 Å². The molecule has 2 heterocycles. The first-order valence-electron chi connectivity index (χ1n) is 5.50. The van der Waals surface area contributed by atoms with E-state index in [-0.39, 0.29) is 5.91 Å². The average Bonchev–Trinajstić information content (AvgIpc) is 2.77. The summed E-state index contributed by atoms with van der Waals surface area (Å²) < 4.78 is 0. The Morgan fingerprint density at radius 2 is 2.35 bits per heavy atom. The Hall–Kier alpha value is -1.42. The van der Waals surface area contributed by atoms with Crippen molar-refractivity contribution < 1.29 is 4.79 Å². The zero-order valence-corrected chi connectivity index (χ0v) is 10.2. The van der Waals surface area contributed by atoms with Crippen LogP contribution in [0.4, 0.5) is 5.00 Å². The molecule has 1 aromatic heterocycles. The molecule has 1 amide bonds. The molecule has 0 aromatic carbocycles. The summed E-state index contributed by atoms with van der Waals surface area (Å²) in [6.45, 7) is 4.03. The molecule has 0 unspecified atom stereocenters. The maximum Gasteiger partial charge on any atom is 0.239 e. The third kappa shape index (κ3) is 3.27. The van der Waals surface area contributed by atoms with Crippen molar-refractivity contribution in [3.05, 3.63) is 17.0 Å². The highest BCUT2D eigenvalue weighted by molar-refractivity contribution is 7.14. The van der Waals surface area contributed by atoms with Gasteiger partial charge in [0.05, 0.1) is 12.1 Å². The van der Waals surface area contributed by atoms with Gasteiger partial charge in [-0.1, -0.05) is 0 Å². The van der Waals surface area contributed by atoms with E-state index in [0.717, 1.165) is 26.2 Å². The van der Waals surface area contributed by atoms with Crippen LogP contribution in [0, 0.1) is 11.3 Å². The second-order valence-electron chi connectivity index (χ2n) is 3.85. The van der Waals surface area contributed by atoms with E-state index in [2.05, 4.69) is 21.6 Å². The molecule has 90 valence electrons. The number of nitriles is 1. The lowest BCUT2D eigenvalue weighted by molar-refractivity contribution is -0.117. The molecule has 0 bridgehead atoms. The quantitative estimate of drug-likeness (QED) is 0.818. The van der Waals surface area contributed by atoms with E-state index in [0.29, 0.717) is 17.1 Å². The van der Waals surface area contributed by atoms with E-state index < -0.39 is 0 Å². The maximum absolute atomic E-state index is 11.8. The first kappa shape index (κ1) is 12.0. The van der Waals surface area contributed by atoms with Gasteiger partial charge in [0, 0.05) is 26.2 Å². The summed E-state index contributed by atoms with van der Waals surface area (Å²) in [6.07, 6.45) is 0. The van der Waals surface area contributed by atoms with E-state index in [1.165, 1.54) is 11.3 Å². The van der Waals surface area contributed by atoms with E-state index >= 15 is 0 Å². The maximum atomic E-state index is 11.8. The largest absolute Gasteiger partial charge is 0.315 e. The highest BCUT2D eigenvalue weighted by Gasteiger charge is 2.14. The fraction of sp³-hybridized carbons (Fsp3) is 0.455. The molecule has 1 fully saturated rings. The van der Waals surface area contributed by atoms with Crippen LogP contribution in [0.2, 0.25) is 0 Å². The summed E-state index contributed by atoms with van der Waals surface area (Å²) in [4.78, 5) is 13.9. The summed E-state index contributed by atoms with van der Waals surface area (Å²) in [5.74, 6) is -0.0501. The zero-order valence-electron chi connectivity index (χ0n) is 9.40. The number of nitrogens with one attached hydrogen (secondary N) is 2. The minimum absolute atomic E-state index is 0.0501. The van der Waals surface area contributed by atoms with Gasteiger partial charge < -0.3 is 10.6 Å². The van der Waals surface area contributed by atoms with E-state index in [1.54, 1.807) is 11.4 Å². The van der Waals surface area contributed by atoms with Crippen LogP contribution in [0.3, 0.4) is 0 Å². The fourth-order valence-electron chi connectivity index (χ4n) is 1.73. The van der Waals surface area contributed by atoms with E-state index in [4.69, 9.17) is 5.26 Å². The van der Waals surface area contributed by atoms with Gasteiger partial charge in [0.15, 0.2) is 0 Å². The zero-order chi connectivity index (χ0) is 12.1. The molecular formula is C11H14N4OS. The molecule has 0 aliphatic carbocycles. The molecule has 1 aliphatic heterocycles. The van der Waals surface area contributed by atoms with Crippen LogP contribution in [-0.4, -0.2) is 43.5 Å². The molecule has 2 N–H and O–H groups in total. The van der Waals surface area contributed by atoms with Gasteiger partial charge in [-0.3, -0.25) is 9.69 Å².